The summed E-state index contributed by atoms with van der Waals surface area (Å²) in [5.74, 6) is 0. The van der Waals surface area contributed by atoms with E-state index in [-0.39, 0.29) is 0 Å². The van der Waals surface area contributed by atoms with Gasteiger partial charge >= 0.3 is 0 Å². The summed E-state index contributed by atoms with van der Waals surface area (Å²) in [5.41, 5.74) is 20.7. The molecule has 0 aliphatic carbocycles. The Hall–Kier alpha value is -12.4. The molecular formula is C104H91N3Si3. The van der Waals surface area contributed by atoms with Gasteiger partial charge in [0.25, 0.3) is 0 Å². The quantitative estimate of drug-likeness (QED) is 0.0495. The largest absolute Gasteiger partial charge is 0.311 e. The zero-order valence-electron chi connectivity index (χ0n) is 63.8. The number of rotatable bonds is 22. The third kappa shape index (κ3) is 16.8. The smallest absolute Gasteiger partial charge is 0.0775 e. The van der Waals surface area contributed by atoms with Crippen molar-refractivity contribution < 1.29 is 0 Å². The molecule has 0 heterocycles. The molecule has 0 bridgehead atoms. The van der Waals surface area contributed by atoms with Crippen LogP contribution in [0.25, 0.3) is 91.7 Å². The highest BCUT2D eigenvalue weighted by atomic mass is 28.3. The van der Waals surface area contributed by atoms with E-state index < -0.39 is 24.9 Å². The van der Waals surface area contributed by atoms with Crippen LogP contribution in [-0.2, 0) is 6.04 Å². The van der Waals surface area contributed by atoms with Crippen LogP contribution in [0.3, 0.4) is 0 Å². The Bertz CT molecular complexity index is 5860. The summed E-state index contributed by atoms with van der Waals surface area (Å²) in [5, 5.41) is 14.2. The van der Waals surface area contributed by atoms with Crippen LogP contribution < -0.4 is 30.3 Å². The molecule has 6 heteroatoms. The maximum absolute atomic E-state index is 2.48. The number of hydrogen-bond donors (Lipinski definition) is 0. The third-order valence-corrected chi connectivity index (χ3v) is 28.1. The van der Waals surface area contributed by atoms with E-state index in [9.17, 15) is 0 Å². The molecule has 1 atom stereocenters. The summed E-state index contributed by atoms with van der Waals surface area (Å²) in [4.78, 5) is 7.11. The Morgan fingerprint density at radius 2 is 0.427 bits per heavy atom. The van der Waals surface area contributed by atoms with Crippen molar-refractivity contribution in [3.8, 4) is 0 Å². The summed E-state index contributed by atoms with van der Waals surface area (Å²) < 4.78 is 0. The molecule has 0 N–H and O–H groups in total. The van der Waals surface area contributed by atoms with Gasteiger partial charge in [-0.15, -0.1) is 0 Å². The number of anilines is 9. The van der Waals surface area contributed by atoms with Gasteiger partial charge in [-0.1, -0.05) is 359 Å². The molecule has 0 aliphatic heterocycles. The van der Waals surface area contributed by atoms with Crippen molar-refractivity contribution in [3.63, 3.8) is 0 Å². The molecule has 534 valence electrons. The molecule has 0 saturated heterocycles. The number of hydrogen-bond acceptors (Lipinski definition) is 3. The van der Waals surface area contributed by atoms with Crippen LogP contribution in [0.2, 0.25) is 45.8 Å². The molecule has 16 aromatic rings. The van der Waals surface area contributed by atoms with Crippen LogP contribution in [0.5, 0.6) is 0 Å². The minimum Gasteiger partial charge on any atom is -0.311 e. The molecule has 0 amide bonds. The maximum atomic E-state index is 2.48. The van der Waals surface area contributed by atoms with Crippen molar-refractivity contribution in [2.75, 3.05) is 14.7 Å². The van der Waals surface area contributed by atoms with E-state index in [1.807, 2.05) is 0 Å². The highest BCUT2D eigenvalue weighted by molar-refractivity contribution is 6.89. The van der Waals surface area contributed by atoms with Crippen molar-refractivity contribution in [1.29, 1.82) is 0 Å². The molecule has 16 rings (SSSR count). The van der Waals surface area contributed by atoms with Gasteiger partial charge < -0.3 is 14.7 Å². The van der Waals surface area contributed by atoms with Crippen LogP contribution in [0, 0.1) is 0 Å². The minimum absolute atomic E-state index is 1.08. The molecule has 110 heavy (non-hydrogen) atoms. The number of fused-ring (bicyclic) bond motifs is 4. The van der Waals surface area contributed by atoms with Crippen LogP contribution >= 0.6 is 0 Å². The number of nitrogens with zero attached hydrogens (tertiary/aromatic N) is 3. The molecule has 0 saturated carbocycles. The summed E-state index contributed by atoms with van der Waals surface area (Å²) >= 11 is 0. The van der Waals surface area contributed by atoms with Crippen molar-refractivity contribution in [2.24, 2.45) is 0 Å². The van der Waals surface area contributed by atoms with Gasteiger partial charge in [0.2, 0.25) is 0 Å². The molecule has 16 aromatic carbocycles. The molecule has 3 nitrogen and oxygen atoms in total. The first kappa shape index (κ1) is 71.8. The van der Waals surface area contributed by atoms with Gasteiger partial charge in [0.1, 0.15) is 0 Å². The fourth-order valence-electron chi connectivity index (χ4n) is 14.9. The zero-order chi connectivity index (χ0) is 75.1. The topological polar surface area (TPSA) is 9.72 Å². The van der Waals surface area contributed by atoms with Crippen LogP contribution in [0.15, 0.2) is 358 Å². The predicted molar refractivity (Wildman–Crippen MR) is 491 cm³/mol. The van der Waals surface area contributed by atoms with Gasteiger partial charge in [-0.25, -0.2) is 0 Å². The monoisotopic (exact) mass is 1470 g/mol. The van der Waals surface area contributed by atoms with E-state index >= 15 is 0 Å². The van der Waals surface area contributed by atoms with Crippen molar-refractivity contribution in [2.45, 2.75) is 51.9 Å². The fraction of sp³-hybridized carbons (Fsp3) is 0.0769. The minimum atomic E-state index is -1.36. The van der Waals surface area contributed by atoms with E-state index in [4.69, 9.17) is 0 Å². The first-order valence-electron chi connectivity index (χ1n) is 38.5. The third-order valence-electron chi connectivity index (χ3n) is 21.4. The Balaban J connectivity index is 0.589. The van der Waals surface area contributed by atoms with Gasteiger partial charge in [0.05, 0.1) is 24.9 Å². The van der Waals surface area contributed by atoms with Gasteiger partial charge in [0, 0.05) is 51.2 Å². The summed E-state index contributed by atoms with van der Waals surface area (Å²) in [6.45, 7) is 16.9. The molecule has 1 unspecified atom stereocenters. The van der Waals surface area contributed by atoms with Crippen molar-refractivity contribution in [3.05, 3.63) is 408 Å². The average Bonchev–Trinajstić information content (AvgIpc) is 0.783. The number of benzene rings is 16. The lowest BCUT2D eigenvalue weighted by atomic mass is 10.0. The average molecular weight is 1470 g/mol. The molecule has 0 fully saturated rings. The standard InChI is InChI=1S/C104H91N3Si3/c1-108(102-64-39-81(40-65-102)25-22-78-29-50-93(51-30-78)105(94-52-31-79(32-53-94)23-26-82-41-66-103(67-42-82)109(2,3)4)95-54-33-80(34-55-95)24-27-83-43-68-104(69-44-83)110(5,6)7)75-84-28-45-92-74-101(63-49-91(92)70-84)107(100-62-48-87-16-10-13-19-90(87)73-100)97-58-37-77(38-59-97)21-20-76-35-56-96(57-36-76)106(98-60-46-85-14-8-11-17-88(85)71-98)99-61-47-86-15-9-12-18-89(86)72-99/h8-74,108H,75H2,1-7H3/b21-20+,25-22+,26-23+,27-24+. The lowest BCUT2D eigenvalue weighted by Gasteiger charge is -2.26. The second-order valence-electron chi connectivity index (χ2n) is 31.3. The van der Waals surface area contributed by atoms with E-state index in [0.717, 1.165) is 85.0 Å². The van der Waals surface area contributed by atoms with Crippen LogP contribution in [0.4, 0.5) is 51.2 Å². The van der Waals surface area contributed by atoms with E-state index in [1.54, 1.807) is 0 Å². The highest BCUT2D eigenvalue weighted by Gasteiger charge is 2.21. The molecular weight excluding hydrogens is 1380 g/mol. The normalized spacial score (nSPS) is 12.4. The second kappa shape index (κ2) is 31.8. The molecule has 0 radical (unpaired) electrons. The van der Waals surface area contributed by atoms with Crippen LogP contribution in [0.1, 0.15) is 50.1 Å². The molecule has 0 aliphatic rings. The lowest BCUT2D eigenvalue weighted by molar-refractivity contribution is 1.28. The van der Waals surface area contributed by atoms with Gasteiger partial charge in [-0.2, -0.15) is 0 Å². The van der Waals surface area contributed by atoms with Crippen molar-refractivity contribution >= 4 is 183 Å². The zero-order valence-corrected chi connectivity index (χ0v) is 67.0. The van der Waals surface area contributed by atoms with Gasteiger partial charge in [-0.05, 0) is 208 Å². The SMILES string of the molecule is C[SiH](Cc1ccc2cc(N(c3ccc(/C=C/c4ccc(N(c5ccc6ccccc6c5)c5ccc6ccccc6c5)cc4)cc3)c3ccc4ccccc4c3)ccc2c1)c1ccc(/C=C/c2ccc(N(c3ccc(/C=C/c4ccc([Si](C)(C)C)cc4)cc3)c3ccc(/C=C/c4ccc([Si](C)(C)C)cc4)cc3)cc2)cc1. The predicted octanol–water partition coefficient (Wildman–Crippen LogP) is 27.3. The molecule has 0 spiro atoms. The van der Waals surface area contributed by atoms with E-state index in [2.05, 4.69) is 467 Å². The summed E-state index contributed by atoms with van der Waals surface area (Å²) in [6.07, 6.45) is 17.8. The highest BCUT2D eigenvalue weighted by Crippen LogP contribution is 2.41. The molecule has 0 aromatic heterocycles. The summed E-state index contributed by atoms with van der Waals surface area (Å²) in [6, 6.07) is 133. The first-order valence-corrected chi connectivity index (χ1v) is 48.1. The van der Waals surface area contributed by atoms with Gasteiger partial charge in [-0.3, -0.25) is 0 Å². The van der Waals surface area contributed by atoms with Gasteiger partial charge in [0.15, 0.2) is 0 Å². The van der Waals surface area contributed by atoms with Crippen molar-refractivity contribution in [1.82, 2.24) is 0 Å². The van der Waals surface area contributed by atoms with Crippen LogP contribution in [-0.4, -0.2) is 24.9 Å². The first-order chi connectivity index (χ1) is 53.6. The summed E-state index contributed by atoms with van der Waals surface area (Å²) in [7, 11) is -4.05. The Labute approximate surface area is 653 Å². The maximum Gasteiger partial charge on any atom is 0.0775 e. The Morgan fingerprint density at radius 3 is 0.709 bits per heavy atom. The lowest BCUT2D eigenvalue weighted by Crippen LogP contribution is -2.37. The van der Waals surface area contributed by atoms with E-state index in [1.165, 1.54) is 80.9 Å². The Morgan fingerprint density at radius 1 is 0.218 bits per heavy atom. The van der Waals surface area contributed by atoms with E-state index in [0.29, 0.717) is 0 Å². The Kier molecular flexibility index (Phi) is 20.8. The fourth-order valence-corrected chi connectivity index (χ4v) is 19.3. The second-order valence-corrected chi connectivity index (χ2v) is 44.3.